The van der Waals surface area contributed by atoms with E-state index in [-0.39, 0.29) is 0 Å². The van der Waals surface area contributed by atoms with Gasteiger partial charge in [-0.2, -0.15) is 0 Å². The molecular weight excluding hydrogens is 266 g/mol. The van der Waals surface area contributed by atoms with Crippen LogP contribution >= 0.6 is 0 Å². The third-order valence-electron chi connectivity index (χ3n) is 2.15. The zero-order chi connectivity index (χ0) is 15.7. The molecule has 0 bridgehead atoms. The van der Waals surface area contributed by atoms with Gasteiger partial charge in [0.25, 0.3) is 0 Å². The first-order valence-electron chi connectivity index (χ1n) is 5.97. The molecule has 0 amide bonds. The van der Waals surface area contributed by atoms with Crippen molar-refractivity contribution in [2.75, 3.05) is 0 Å². The Kier molecular flexibility index (Phi) is 8.10. The van der Waals surface area contributed by atoms with Gasteiger partial charge in [0, 0.05) is 11.9 Å². The van der Waals surface area contributed by atoms with Crippen LogP contribution < -0.4 is 0 Å². The lowest BCUT2D eigenvalue weighted by molar-refractivity contribution is -0.165. The van der Waals surface area contributed by atoms with Crippen LogP contribution in [0.2, 0.25) is 0 Å². The lowest BCUT2D eigenvalue weighted by atomic mass is 10.1. The van der Waals surface area contributed by atoms with Crippen molar-refractivity contribution in [2.45, 2.75) is 32.5 Å². The first kappa shape index (κ1) is 18.0. The highest BCUT2D eigenvalue weighted by Gasteiger charge is 2.29. The van der Waals surface area contributed by atoms with Gasteiger partial charge in [0.05, 0.1) is 0 Å². The quantitative estimate of drug-likeness (QED) is 0.606. The molecule has 0 radical (unpaired) electrons. The number of aliphatic hydroxyl groups is 2. The number of carbonyl (C=O) groups is 2. The molecule has 1 aromatic rings. The zero-order valence-corrected chi connectivity index (χ0v) is 11.3. The van der Waals surface area contributed by atoms with E-state index in [1.165, 1.54) is 5.69 Å². The molecule has 0 fully saturated rings. The molecule has 0 saturated heterocycles. The van der Waals surface area contributed by atoms with Crippen molar-refractivity contribution in [3.05, 3.63) is 30.1 Å². The zero-order valence-electron chi connectivity index (χ0n) is 11.3. The van der Waals surface area contributed by atoms with Crippen molar-refractivity contribution >= 4 is 11.9 Å². The Labute approximate surface area is 116 Å². The largest absolute Gasteiger partial charge is 0.479 e. The smallest absolute Gasteiger partial charge is 0.335 e. The van der Waals surface area contributed by atoms with Gasteiger partial charge < -0.3 is 20.4 Å². The van der Waals surface area contributed by atoms with E-state index in [0.717, 1.165) is 6.42 Å². The van der Waals surface area contributed by atoms with Gasteiger partial charge in [-0.25, -0.2) is 9.59 Å². The Morgan fingerprint density at radius 1 is 1.10 bits per heavy atom. The summed E-state index contributed by atoms with van der Waals surface area (Å²) in [5.74, 6) is -2.83. The molecule has 0 saturated carbocycles. The number of hydrogen-bond acceptors (Lipinski definition) is 5. The Hall–Kier alpha value is -1.99. The molecule has 0 aliphatic rings. The molecule has 7 nitrogen and oxygen atoms in total. The molecular formula is C13H19NO6. The van der Waals surface area contributed by atoms with E-state index in [2.05, 4.69) is 24.9 Å². The second-order valence-corrected chi connectivity index (χ2v) is 4.49. The van der Waals surface area contributed by atoms with E-state index in [4.69, 9.17) is 20.4 Å². The van der Waals surface area contributed by atoms with E-state index < -0.39 is 24.1 Å². The maximum absolute atomic E-state index is 9.77. The van der Waals surface area contributed by atoms with Gasteiger partial charge in [0.15, 0.2) is 12.2 Å². The normalized spacial score (nSPS) is 13.1. The van der Waals surface area contributed by atoms with Crippen LogP contribution in [0, 0.1) is 5.92 Å². The number of rotatable bonds is 5. The van der Waals surface area contributed by atoms with Crippen LogP contribution in [-0.2, 0) is 16.0 Å². The SMILES string of the molecule is CC(C)Cc1ccccn1.O=C(O)C(O)C(O)C(=O)O. The number of aliphatic hydroxyl groups excluding tert-OH is 2. The summed E-state index contributed by atoms with van der Waals surface area (Å²) < 4.78 is 0. The molecule has 0 spiro atoms. The third-order valence-corrected chi connectivity index (χ3v) is 2.15. The van der Waals surface area contributed by atoms with Crippen molar-refractivity contribution in [1.29, 1.82) is 0 Å². The fourth-order valence-electron chi connectivity index (χ4n) is 1.21. The predicted octanol–water partition coefficient (Wildman–Crippen LogP) is 0.157. The molecule has 2 atom stereocenters. The molecule has 0 aliphatic carbocycles. The highest BCUT2D eigenvalue weighted by atomic mass is 16.4. The average molecular weight is 285 g/mol. The Balaban J connectivity index is 0.000000361. The number of aliphatic carboxylic acids is 2. The van der Waals surface area contributed by atoms with Crippen LogP contribution in [0.25, 0.3) is 0 Å². The van der Waals surface area contributed by atoms with Crippen LogP contribution in [-0.4, -0.2) is 49.6 Å². The van der Waals surface area contributed by atoms with E-state index in [9.17, 15) is 9.59 Å². The lowest BCUT2D eigenvalue weighted by Crippen LogP contribution is -2.39. The van der Waals surface area contributed by atoms with Crippen LogP contribution in [0.15, 0.2) is 24.4 Å². The summed E-state index contributed by atoms with van der Waals surface area (Å²) in [6.07, 6.45) is -1.60. The first-order chi connectivity index (χ1) is 9.25. The van der Waals surface area contributed by atoms with Gasteiger partial charge >= 0.3 is 11.9 Å². The van der Waals surface area contributed by atoms with Crippen LogP contribution in [0.3, 0.4) is 0 Å². The number of aromatic nitrogens is 1. The highest BCUT2D eigenvalue weighted by molar-refractivity contribution is 5.83. The summed E-state index contributed by atoms with van der Waals surface area (Å²) in [5, 5.41) is 32.5. The summed E-state index contributed by atoms with van der Waals surface area (Å²) in [4.78, 5) is 23.8. The standard InChI is InChI=1S/C9H13N.C4H6O6/c1-8(2)7-9-5-3-4-6-10-9;5-1(3(7)8)2(6)4(9)10/h3-6,8H,7H2,1-2H3;1-2,5-6H,(H,7,8)(H,9,10). The Morgan fingerprint density at radius 3 is 1.90 bits per heavy atom. The predicted molar refractivity (Wildman–Crippen MR) is 70.1 cm³/mol. The summed E-state index contributed by atoms with van der Waals surface area (Å²) in [6.45, 7) is 4.41. The van der Waals surface area contributed by atoms with Crippen LogP contribution in [0.4, 0.5) is 0 Å². The number of carboxylic acids is 2. The fraction of sp³-hybridized carbons (Fsp3) is 0.462. The number of carboxylic acid groups (broad SMARTS) is 2. The molecule has 1 heterocycles. The van der Waals surface area contributed by atoms with Crippen LogP contribution in [0.5, 0.6) is 0 Å². The molecule has 1 rings (SSSR count). The molecule has 7 heteroatoms. The molecule has 20 heavy (non-hydrogen) atoms. The second kappa shape index (κ2) is 9.00. The van der Waals surface area contributed by atoms with Gasteiger partial charge in [-0.3, -0.25) is 4.98 Å². The van der Waals surface area contributed by atoms with Crippen LogP contribution in [0.1, 0.15) is 19.5 Å². The van der Waals surface area contributed by atoms with Crippen molar-refractivity contribution in [3.63, 3.8) is 0 Å². The van der Waals surface area contributed by atoms with Gasteiger partial charge in [0.2, 0.25) is 0 Å². The van der Waals surface area contributed by atoms with Crippen molar-refractivity contribution < 1.29 is 30.0 Å². The molecule has 4 N–H and O–H groups in total. The molecule has 1 aromatic heterocycles. The summed E-state index contributed by atoms with van der Waals surface area (Å²) in [6, 6.07) is 6.05. The summed E-state index contributed by atoms with van der Waals surface area (Å²) in [5.41, 5.74) is 1.19. The second-order valence-electron chi connectivity index (χ2n) is 4.49. The minimum atomic E-state index is -2.27. The first-order valence-corrected chi connectivity index (χ1v) is 5.97. The number of pyridine rings is 1. The monoisotopic (exact) mass is 285 g/mol. The van der Waals surface area contributed by atoms with Gasteiger partial charge in [-0.05, 0) is 24.5 Å². The van der Waals surface area contributed by atoms with Gasteiger partial charge in [-0.15, -0.1) is 0 Å². The molecule has 0 aromatic carbocycles. The van der Waals surface area contributed by atoms with E-state index in [1.54, 1.807) is 0 Å². The Bertz CT molecular complexity index is 402. The van der Waals surface area contributed by atoms with Crippen molar-refractivity contribution in [1.82, 2.24) is 4.98 Å². The molecule has 0 aliphatic heterocycles. The fourth-order valence-corrected chi connectivity index (χ4v) is 1.21. The number of nitrogens with zero attached hydrogens (tertiary/aromatic N) is 1. The number of hydrogen-bond donors (Lipinski definition) is 4. The molecule has 112 valence electrons. The third kappa shape index (κ3) is 7.45. The van der Waals surface area contributed by atoms with E-state index in [0.29, 0.717) is 5.92 Å². The van der Waals surface area contributed by atoms with Gasteiger partial charge in [-0.1, -0.05) is 19.9 Å². The lowest BCUT2D eigenvalue weighted by Gasteiger charge is -2.07. The van der Waals surface area contributed by atoms with Crippen molar-refractivity contribution in [3.8, 4) is 0 Å². The minimum Gasteiger partial charge on any atom is -0.479 e. The topological polar surface area (TPSA) is 128 Å². The Morgan fingerprint density at radius 2 is 1.60 bits per heavy atom. The van der Waals surface area contributed by atoms with E-state index in [1.807, 2.05) is 18.3 Å². The van der Waals surface area contributed by atoms with Gasteiger partial charge in [0.1, 0.15) is 0 Å². The average Bonchev–Trinajstić information content (AvgIpc) is 2.38. The minimum absolute atomic E-state index is 0.704. The maximum Gasteiger partial charge on any atom is 0.335 e. The maximum atomic E-state index is 9.77. The summed E-state index contributed by atoms with van der Waals surface area (Å²) >= 11 is 0. The van der Waals surface area contributed by atoms with Crippen molar-refractivity contribution in [2.24, 2.45) is 5.92 Å². The highest BCUT2D eigenvalue weighted by Crippen LogP contribution is 2.02. The molecule has 2 unspecified atom stereocenters. The summed E-state index contributed by atoms with van der Waals surface area (Å²) in [7, 11) is 0. The van der Waals surface area contributed by atoms with E-state index >= 15 is 0 Å².